The minimum absolute atomic E-state index is 0.0282. The summed E-state index contributed by atoms with van der Waals surface area (Å²) >= 11 is 6.11. The number of anilines is 1. The van der Waals surface area contributed by atoms with E-state index in [1.54, 1.807) is 73.5 Å². The summed E-state index contributed by atoms with van der Waals surface area (Å²) in [5, 5.41) is 9.63. The van der Waals surface area contributed by atoms with Gasteiger partial charge in [-0.15, -0.1) is 0 Å². The van der Waals surface area contributed by atoms with Gasteiger partial charge in [0.05, 0.1) is 17.3 Å². The number of amides is 1. The number of carbonyl (C=O) groups excluding carboxylic acids is 2. The number of carbonyl (C=O) groups is 3. The predicted octanol–water partition coefficient (Wildman–Crippen LogP) is 6.26. The van der Waals surface area contributed by atoms with Crippen LogP contribution in [0.15, 0.2) is 108 Å². The summed E-state index contributed by atoms with van der Waals surface area (Å²) in [7, 11) is 1.76. The molecule has 0 spiro atoms. The van der Waals surface area contributed by atoms with Gasteiger partial charge < -0.3 is 10.0 Å². The standard InChI is InChI=1S/C16H13ClN2O.C16H14O3/c1-19-14-8-7-12(17)9-13(14)16(18-10-15(19)20)11-5-3-2-4-6-11;1-11(16(18)19)13-8-5-9-14(10-13)15(17)12-6-3-2-4-7-12/h2-9H,10H2,1H3;2-11H,1H3,(H,18,19). The minimum Gasteiger partial charge on any atom is -0.481 e. The number of carboxylic acid groups (broad SMARTS) is 1. The number of ketones is 1. The van der Waals surface area contributed by atoms with Crippen molar-refractivity contribution >= 4 is 40.7 Å². The van der Waals surface area contributed by atoms with Crippen molar-refractivity contribution < 1.29 is 19.5 Å². The van der Waals surface area contributed by atoms with E-state index in [2.05, 4.69) is 4.99 Å². The van der Waals surface area contributed by atoms with Crippen LogP contribution < -0.4 is 4.90 Å². The van der Waals surface area contributed by atoms with Crippen molar-refractivity contribution in [2.24, 2.45) is 4.99 Å². The average Bonchev–Trinajstić information content (AvgIpc) is 3.09. The third-order valence-electron chi connectivity index (χ3n) is 6.42. The Hall–Kier alpha value is -4.55. The summed E-state index contributed by atoms with van der Waals surface area (Å²) in [5.41, 5.74) is 5.25. The van der Waals surface area contributed by atoms with E-state index in [4.69, 9.17) is 16.7 Å². The van der Waals surface area contributed by atoms with Crippen molar-refractivity contribution in [3.63, 3.8) is 0 Å². The summed E-state index contributed by atoms with van der Waals surface area (Å²) in [4.78, 5) is 41.3. The van der Waals surface area contributed by atoms with Crippen molar-refractivity contribution in [1.29, 1.82) is 0 Å². The fourth-order valence-electron chi connectivity index (χ4n) is 4.15. The molecule has 4 aromatic carbocycles. The SMILES string of the molecule is CC(C(=O)O)c1cccc(C(=O)c2ccccc2)c1.CN1C(=O)CN=C(c2ccccc2)c2cc(Cl)ccc21. The molecule has 0 saturated heterocycles. The second-order valence-electron chi connectivity index (χ2n) is 9.03. The lowest BCUT2D eigenvalue weighted by Crippen LogP contribution is -2.27. The zero-order chi connectivity index (χ0) is 27.9. The van der Waals surface area contributed by atoms with Crippen LogP contribution in [0.1, 0.15) is 45.5 Å². The molecule has 196 valence electrons. The van der Waals surface area contributed by atoms with Crippen LogP contribution in [0.3, 0.4) is 0 Å². The van der Waals surface area contributed by atoms with Crippen LogP contribution in [0, 0.1) is 0 Å². The van der Waals surface area contributed by atoms with Crippen LogP contribution in [-0.4, -0.2) is 42.1 Å². The van der Waals surface area contributed by atoms with Crippen LogP contribution >= 0.6 is 11.6 Å². The number of benzene rings is 4. The zero-order valence-corrected chi connectivity index (χ0v) is 22.3. The molecule has 0 radical (unpaired) electrons. The molecule has 0 saturated carbocycles. The highest BCUT2D eigenvalue weighted by Crippen LogP contribution is 2.28. The maximum atomic E-state index is 12.2. The van der Waals surface area contributed by atoms with E-state index in [1.165, 1.54) is 0 Å². The zero-order valence-electron chi connectivity index (χ0n) is 21.5. The molecule has 1 aliphatic rings. The Morgan fingerprint density at radius 2 is 1.51 bits per heavy atom. The first kappa shape index (κ1) is 27.5. The Kier molecular flexibility index (Phi) is 8.69. The molecule has 0 aliphatic carbocycles. The molecule has 4 aromatic rings. The van der Waals surface area contributed by atoms with Crippen LogP contribution in [0.5, 0.6) is 0 Å². The highest BCUT2D eigenvalue weighted by molar-refractivity contribution is 6.32. The second kappa shape index (κ2) is 12.3. The number of halogens is 1. The third-order valence-corrected chi connectivity index (χ3v) is 6.66. The molecule has 1 aliphatic heterocycles. The molecule has 6 nitrogen and oxygen atoms in total. The molecule has 1 heterocycles. The van der Waals surface area contributed by atoms with E-state index in [0.29, 0.717) is 21.7 Å². The molecule has 0 aromatic heterocycles. The highest BCUT2D eigenvalue weighted by Gasteiger charge is 2.22. The normalized spacial score (nSPS) is 13.3. The number of likely N-dealkylation sites (N-methyl/N-ethyl adjacent to an activating group) is 1. The summed E-state index contributed by atoms with van der Waals surface area (Å²) in [5.74, 6) is -1.65. The van der Waals surface area contributed by atoms with Gasteiger partial charge in [0.15, 0.2) is 5.78 Å². The highest BCUT2D eigenvalue weighted by atomic mass is 35.5. The maximum Gasteiger partial charge on any atom is 0.310 e. The van der Waals surface area contributed by atoms with Gasteiger partial charge in [0, 0.05) is 34.3 Å². The summed E-state index contributed by atoms with van der Waals surface area (Å²) < 4.78 is 0. The Bertz CT molecular complexity index is 1530. The minimum atomic E-state index is -0.899. The lowest BCUT2D eigenvalue weighted by Gasteiger charge is -2.18. The van der Waals surface area contributed by atoms with E-state index in [-0.39, 0.29) is 18.2 Å². The van der Waals surface area contributed by atoms with Crippen molar-refractivity contribution in [3.05, 3.63) is 136 Å². The molecule has 7 heteroatoms. The van der Waals surface area contributed by atoms with Crippen LogP contribution in [0.4, 0.5) is 5.69 Å². The molecular weight excluding hydrogens is 512 g/mol. The number of fused-ring (bicyclic) bond motifs is 1. The lowest BCUT2D eigenvalue weighted by atomic mass is 9.96. The Balaban J connectivity index is 0.000000181. The number of rotatable bonds is 5. The lowest BCUT2D eigenvalue weighted by molar-refractivity contribution is -0.138. The van der Waals surface area contributed by atoms with E-state index in [9.17, 15) is 14.4 Å². The topological polar surface area (TPSA) is 87.0 Å². The van der Waals surface area contributed by atoms with Gasteiger partial charge in [0.1, 0.15) is 6.54 Å². The number of hydrogen-bond acceptors (Lipinski definition) is 4. The molecule has 5 rings (SSSR count). The number of carboxylic acids is 1. The average molecular weight is 539 g/mol. The largest absolute Gasteiger partial charge is 0.481 e. The van der Waals surface area contributed by atoms with Gasteiger partial charge >= 0.3 is 5.97 Å². The van der Waals surface area contributed by atoms with E-state index >= 15 is 0 Å². The number of nitrogens with zero attached hydrogens (tertiary/aromatic N) is 2. The van der Waals surface area contributed by atoms with Crippen LogP contribution in [0.2, 0.25) is 5.02 Å². The number of aliphatic imine (C=N–C) groups is 1. The molecule has 0 fully saturated rings. The molecule has 1 atom stereocenters. The van der Waals surface area contributed by atoms with Gasteiger partial charge in [-0.05, 0) is 36.8 Å². The molecule has 1 unspecified atom stereocenters. The second-order valence-corrected chi connectivity index (χ2v) is 9.46. The third kappa shape index (κ3) is 6.48. The van der Waals surface area contributed by atoms with E-state index in [1.807, 2.05) is 48.5 Å². The maximum absolute atomic E-state index is 12.2. The molecule has 0 bridgehead atoms. The first-order valence-corrected chi connectivity index (χ1v) is 12.7. The molecule has 1 N–H and O–H groups in total. The van der Waals surface area contributed by atoms with Gasteiger partial charge in [-0.25, -0.2) is 0 Å². The Labute approximate surface area is 232 Å². The number of benzodiazepines with no additional fused rings is 1. The fourth-order valence-corrected chi connectivity index (χ4v) is 4.33. The Morgan fingerprint density at radius 1 is 0.872 bits per heavy atom. The van der Waals surface area contributed by atoms with Gasteiger partial charge in [-0.3, -0.25) is 19.4 Å². The molecule has 1 amide bonds. The van der Waals surface area contributed by atoms with Crippen molar-refractivity contribution in [1.82, 2.24) is 0 Å². The molecule has 39 heavy (non-hydrogen) atoms. The predicted molar refractivity (Wildman–Crippen MR) is 154 cm³/mol. The first-order valence-electron chi connectivity index (χ1n) is 12.3. The number of hydrogen-bond donors (Lipinski definition) is 1. The monoisotopic (exact) mass is 538 g/mol. The number of aliphatic carboxylic acids is 1. The van der Waals surface area contributed by atoms with Gasteiger partial charge in [-0.2, -0.15) is 0 Å². The smallest absolute Gasteiger partial charge is 0.310 e. The van der Waals surface area contributed by atoms with Gasteiger partial charge in [0.2, 0.25) is 5.91 Å². The fraction of sp³-hybridized carbons (Fsp3) is 0.125. The summed E-state index contributed by atoms with van der Waals surface area (Å²) in [6.07, 6.45) is 0. The Morgan fingerprint density at radius 3 is 2.18 bits per heavy atom. The summed E-state index contributed by atoms with van der Waals surface area (Å²) in [6, 6.07) is 31.1. The van der Waals surface area contributed by atoms with E-state index < -0.39 is 11.9 Å². The molecular formula is C32H27ClN2O4. The first-order chi connectivity index (χ1) is 18.8. The van der Waals surface area contributed by atoms with Gasteiger partial charge in [-0.1, -0.05) is 90.5 Å². The van der Waals surface area contributed by atoms with Crippen molar-refractivity contribution in [2.45, 2.75) is 12.8 Å². The van der Waals surface area contributed by atoms with Crippen molar-refractivity contribution in [2.75, 3.05) is 18.5 Å². The van der Waals surface area contributed by atoms with E-state index in [0.717, 1.165) is 22.5 Å². The van der Waals surface area contributed by atoms with Gasteiger partial charge in [0.25, 0.3) is 0 Å². The summed E-state index contributed by atoms with van der Waals surface area (Å²) in [6.45, 7) is 1.75. The van der Waals surface area contributed by atoms with Crippen LogP contribution in [0.25, 0.3) is 0 Å². The van der Waals surface area contributed by atoms with Crippen molar-refractivity contribution in [3.8, 4) is 0 Å². The quantitative estimate of drug-likeness (QED) is 0.304. The van der Waals surface area contributed by atoms with Crippen LogP contribution in [-0.2, 0) is 9.59 Å².